The van der Waals surface area contributed by atoms with Crippen molar-refractivity contribution in [2.75, 3.05) is 25.4 Å². The maximum absolute atomic E-state index is 3.67. The summed E-state index contributed by atoms with van der Waals surface area (Å²) >= 11 is 1.97. The zero-order valence-electron chi connectivity index (χ0n) is 15.7. The summed E-state index contributed by atoms with van der Waals surface area (Å²) in [6.45, 7) is 8.22. The van der Waals surface area contributed by atoms with Gasteiger partial charge in [-0.1, -0.05) is 44.4 Å². The maximum atomic E-state index is 3.67. The molecular weight excluding hydrogens is 312 g/mol. The van der Waals surface area contributed by atoms with Gasteiger partial charge < -0.3 is 5.32 Å². The summed E-state index contributed by atoms with van der Waals surface area (Å²) in [6.07, 6.45) is 9.65. The predicted octanol–water partition coefficient (Wildman–Crippen LogP) is 5.19. The van der Waals surface area contributed by atoms with E-state index >= 15 is 0 Å². The minimum absolute atomic E-state index is 0.725. The summed E-state index contributed by atoms with van der Waals surface area (Å²) in [5.74, 6) is 1.20. The van der Waals surface area contributed by atoms with Gasteiger partial charge in [0.25, 0.3) is 0 Å². The first-order valence-corrected chi connectivity index (χ1v) is 10.9. The van der Waals surface area contributed by atoms with E-state index in [0.29, 0.717) is 0 Å². The van der Waals surface area contributed by atoms with Crippen LogP contribution in [-0.2, 0) is 0 Å². The Morgan fingerprint density at radius 1 is 1.12 bits per heavy atom. The van der Waals surface area contributed by atoms with Crippen molar-refractivity contribution in [1.29, 1.82) is 0 Å². The van der Waals surface area contributed by atoms with E-state index in [1.807, 2.05) is 11.8 Å². The van der Waals surface area contributed by atoms with Gasteiger partial charge in [0.05, 0.1) is 0 Å². The van der Waals surface area contributed by atoms with Crippen LogP contribution in [0.1, 0.15) is 58.8 Å². The molecule has 0 heterocycles. The molecule has 0 aliphatic heterocycles. The number of rotatable bonds is 11. The van der Waals surface area contributed by atoms with Crippen LogP contribution >= 0.6 is 11.8 Å². The minimum Gasteiger partial charge on any atom is -0.315 e. The highest BCUT2D eigenvalue weighted by atomic mass is 32.2. The van der Waals surface area contributed by atoms with Crippen molar-refractivity contribution in [1.82, 2.24) is 10.2 Å². The van der Waals surface area contributed by atoms with Gasteiger partial charge >= 0.3 is 0 Å². The van der Waals surface area contributed by atoms with Crippen LogP contribution in [-0.4, -0.2) is 42.4 Å². The highest BCUT2D eigenvalue weighted by molar-refractivity contribution is 7.99. The standard InChI is InChI=1S/C21H36N2S/c1-3-19(2)23(20-11-6-4-7-12-20)17-16-22-15-10-18-24-21-13-8-5-9-14-21/h5,8-9,13-14,19-20,22H,3-4,6-7,10-12,15-18H2,1-2H3. The van der Waals surface area contributed by atoms with Crippen molar-refractivity contribution in [3.05, 3.63) is 30.3 Å². The first-order valence-electron chi connectivity index (χ1n) is 9.95. The Balaban J connectivity index is 1.58. The molecule has 0 radical (unpaired) electrons. The summed E-state index contributed by atoms with van der Waals surface area (Å²) in [7, 11) is 0. The van der Waals surface area contributed by atoms with Crippen molar-refractivity contribution in [3.63, 3.8) is 0 Å². The summed E-state index contributed by atoms with van der Waals surface area (Å²) in [4.78, 5) is 4.17. The van der Waals surface area contributed by atoms with Gasteiger partial charge in [0.15, 0.2) is 0 Å². The number of nitrogens with one attached hydrogen (secondary N) is 1. The Kier molecular flexibility index (Phi) is 9.86. The van der Waals surface area contributed by atoms with Crippen LogP contribution in [0.25, 0.3) is 0 Å². The van der Waals surface area contributed by atoms with Crippen molar-refractivity contribution in [2.45, 2.75) is 75.8 Å². The van der Waals surface area contributed by atoms with E-state index in [1.54, 1.807) is 0 Å². The molecule has 1 aromatic rings. The molecule has 1 atom stereocenters. The average molecular weight is 349 g/mol. The quantitative estimate of drug-likeness (QED) is 0.437. The Morgan fingerprint density at radius 3 is 2.58 bits per heavy atom. The van der Waals surface area contributed by atoms with E-state index in [0.717, 1.165) is 25.2 Å². The van der Waals surface area contributed by atoms with E-state index in [-0.39, 0.29) is 0 Å². The summed E-state index contributed by atoms with van der Waals surface area (Å²) in [6, 6.07) is 12.3. The molecule has 0 spiro atoms. The normalized spacial score (nSPS) is 17.3. The van der Waals surface area contributed by atoms with Gasteiger partial charge in [-0.15, -0.1) is 11.8 Å². The Bertz CT molecular complexity index is 417. The maximum Gasteiger partial charge on any atom is 0.0113 e. The smallest absolute Gasteiger partial charge is 0.0113 e. The first kappa shape index (κ1) is 19.8. The van der Waals surface area contributed by atoms with Gasteiger partial charge in [-0.25, -0.2) is 0 Å². The molecular formula is C21H36N2S. The summed E-state index contributed by atoms with van der Waals surface area (Å²) in [5, 5.41) is 3.67. The molecule has 0 aromatic heterocycles. The number of nitrogens with zero attached hydrogens (tertiary/aromatic N) is 1. The van der Waals surface area contributed by atoms with Crippen molar-refractivity contribution >= 4 is 11.8 Å². The van der Waals surface area contributed by atoms with Gasteiger partial charge in [-0.05, 0) is 57.0 Å². The van der Waals surface area contributed by atoms with Crippen LogP contribution in [0.3, 0.4) is 0 Å². The van der Waals surface area contributed by atoms with Gasteiger partial charge in [0, 0.05) is 30.1 Å². The number of thioether (sulfide) groups is 1. The van der Waals surface area contributed by atoms with Crippen LogP contribution in [0.2, 0.25) is 0 Å². The van der Waals surface area contributed by atoms with E-state index in [1.165, 1.54) is 62.1 Å². The molecule has 0 amide bonds. The largest absolute Gasteiger partial charge is 0.315 e. The first-order chi connectivity index (χ1) is 11.8. The lowest BCUT2D eigenvalue weighted by atomic mass is 9.93. The molecule has 1 N–H and O–H groups in total. The molecule has 0 bridgehead atoms. The molecule has 2 nitrogen and oxygen atoms in total. The molecule has 0 saturated heterocycles. The number of hydrogen-bond donors (Lipinski definition) is 1. The minimum atomic E-state index is 0.725. The monoisotopic (exact) mass is 348 g/mol. The summed E-state index contributed by atoms with van der Waals surface area (Å²) in [5.41, 5.74) is 0. The van der Waals surface area contributed by atoms with Crippen LogP contribution in [0.15, 0.2) is 35.2 Å². The second-order valence-corrected chi connectivity index (χ2v) is 8.22. The van der Waals surface area contributed by atoms with Crippen LogP contribution in [0.5, 0.6) is 0 Å². The van der Waals surface area contributed by atoms with Gasteiger partial charge in [-0.3, -0.25) is 4.90 Å². The Morgan fingerprint density at radius 2 is 1.88 bits per heavy atom. The molecule has 24 heavy (non-hydrogen) atoms. The van der Waals surface area contributed by atoms with Crippen LogP contribution in [0, 0.1) is 0 Å². The van der Waals surface area contributed by atoms with E-state index in [4.69, 9.17) is 0 Å². The third-order valence-electron chi connectivity index (χ3n) is 5.26. The topological polar surface area (TPSA) is 15.3 Å². The molecule has 3 heteroatoms. The Hall–Kier alpha value is -0.510. The van der Waals surface area contributed by atoms with E-state index in [9.17, 15) is 0 Å². The van der Waals surface area contributed by atoms with E-state index in [2.05, 4.69) is 54.4 Å². The van der Waals surface area contributed by atoms with Crippen molar-refractivity contribution in [2.24, 2.45) is 0 Å². The molecule has 1 fully saturated rings. The fraction of sp³-hybridized carbons (Fsp3) is 0.714. The molecule has 1 aliphatic carbocycles. The predicted molar refractivity (Wildman–Crippen MR) is 108 cm³/mol. The lowest BCUT2D eigenvalue weighted by Crippen LogP contribution is -2.46. The highest BCUT2D eigenvalue weighted by Crippen LogP contribution is 2.24. The second-order valence-electron chi connectivity index (χ2n) is 7.05. The third-order valence-corrected chi connectivity index (χ3v) is 6.36. The van der Waals surface area contributed by atoms with Crippen molar-refractivity contribution < 1.29 is 0 Å². The zero-order chi connectivity index (χ0) is 17.0. The molecule has 1 aliphatic rings. The molecule has 1 saturated carbocycles. The molecule has 1 aromatic carbocycles. The number of benzene rings is 1. The van der Waals surface area contributed by atoms with Gasteiger partial charge in [-0.2, -0.15) is 0 Å². The van der Waals surface area contributed by atoms with Crippen LogP contribution < -0.4 is 5.32 Å². The fourth-order valence-electron chi connectivity index (χ4n) is 3.65. The third kappa shape index (κ3) is 7.16. The highest BCUT2D eigenvalue weighted by Gasteiger charge is 2.23. The summed E-state index contributed by atoms with van der Waals surface area (Å²) < 4.78 is 0. The Labute approximate surface area is 153 Å². The zero-order valence-corrected chi connectivity index (χ0v) is 16.5. The molecule has 2 rings (SSSR count). The lowest BCUT2D eigenvalue weighted by molar-refractivity contribution is 0.110. The lowest BCUT2D eigenvalue weighted by Gasteiger charge is -2.38. The number of hydrogen-bond acceptors (Lipinski definition) is 3. The van der Waals surface area contributed by atoms with E-state index < -0.39 is 0 Å². The average Bonchev–Trinajstić information content (AvgIpc) is 2.65. The van der Waals surface area contributed by atoms with Crippen LogP contribution in [0.4, 0.5) is 0 Å². The van der Waals surface area contributed by atoms with Crippen molar-refractivity contribution in [3.8, 4) is 0 Å². The molecule has 1 unspecified atom stereocenters. The molecule has 136 valence electrons. The van der Waals surface area contributed by atoms with Gasteiger partial charge in [0.2, 0.25) is 0 Å². The SMILES string of the molecule is CCC(C)N(CCNCCCSc1ccccc1)C1CCCCC1. The second kappa shape index (κ2) is 11.9. The van der Waals surface area contributed by atoms with Gasteiger partial charge in [0.1, 0.15) is 0 Å². The fourth-order valence-corrected chi connectivity index (χ4v) is 4.52.